The zero-order valence-electron chi connectivity index (χ0n) is 23.5. The van der Waals surface area contributed by atoms with Crippen molar-refractivity contribution in [3.8, 4) is 0 Å². The van der Waals surface area contributed by atoms with Gasteiger partial charge < -0.3 is 43.0 Å². The van der Waals surface area contributed by atoms with Crippen LogP contribution in [0.4, 0.5) is 0 Å². The average molecular weight is 571 g/mol. The first kappa shape index (κ1) is 37.5. The number of carbonyl (C=O) groups is 1. The first-order chi connectivity index (χ1) is 18.8. The summed E-state index contributed by atoms with van der Waals surface area (Å²) in [5, 5.41) is 8.41. The molecule has 0 heterocycles. The highest BCUT2D eigenvalue weighted by Gasteiger charge is 1.97. The second-order valence-corrected chi connectivity index (χ2v) is 9.09. The molecule has 0 radical (unpaired) electrons. The van der Waals surface area contributed by atoms with Gasteiger partial charge in [0.2, 0.25) is 0 Å². The monoisotopic (exact) mass is 570 g/mol. The lowest BCUT2D eigenvalue weighted by Crippen LogP contribution is -2.15. The maximum absolute atomic E-state index is 10.3. The van der Waals surface area contributed by atoms with Gasteiger partial charge in [-0.25, -0.2) is 4.79 Å². The Morgan fingerprint density at radius 2 is 0.658 bits per heavy atom. The van der Waals surface area contributed by atoms with Crippen LogP contribution in [0, 0.1) is 0 Å². The van der Waals surface area contributed by atoms with Gasteiger partial charge in [0, 0.05) is 6.61 Å². The Labute approximate surface area is 235 Å². The van der Waals surface area contributed by atoms with E-state index >= 15 is 0 Å². The molecule has 0 unspecified atom stereocenters. The largest absolute Gasteiger partial charge is 0.480 e. The lowest BCUT2D eigenvalue weighted by Gasteiger charge is -2.08. The summed E-state index contributed by atoms with van der Waals surface area (Å²) in [4.78, 5) is 10.3. The molecule has 0 saturated carbocycles. The van der Waals surface area contributed by atoms with E-state index in [9.17, 15) is 4.79 Å². The van der Waals surface area contributed by atoms with Gasteiger partial charge in [-0.05, 0) is 18.6 Å². The van der Waals surface area contributed by atoms with Crippen molar-refractivity contribution < 1.29 is 47.8 Å². The van der Waals surface area contributed by atoms with Crippen LogP contribution in [-0.2, 0) is 42.7 Å². The molecule has 0 atom stereocenters. The van der Waals surface area contributed by atoms with Gasteiger partial charge in [-0.1, -0.05) is 44.9 Å². The maximum Gasteiger partial charge on any atom is 0.329 e. The number of carboxylic acids is 1. The quantitative estimate of drug-likeness (QED) is 0.0879. The molecule has 0 fully saturated rings. The standard InChI is InChI=1S/C27H54O10S/c28-27(29)26-37-24-23-36-22-21-35-20-19-34-18-17-33-16-15-32-14-13-31-12-11-30-10-8-6-4-2-1-3-5-7-9-25-38/h38H,1-26H2,(H,28,29). The number of thiol groups is 1. The molecule has 0 aromatic heterocycles. The van der Waals surface area contributed by atoms with Crippen molar-refractivity contribution in [2.45, 2.75) is 57.8 Å². The van der Waals surface area contributed by atoms with E-state index < -0.39 is 5.97 Å². The molecule has 0 aliphatic heterocycles. The number of hydrogen-bond donors (Lipinski definition) is 2. The molecule has 0 aliphatic rings. The van der Waals surface area contributed by atoms with Crippen LogP contribution >= 0.6 is 12.6 Å². The minimum Gasteiger partial charge on any atom is -0.480 e. The van der Waals surface area contributed by atoms with Crippen molar-refractivity contribution in [1.82, 2.24) is 0 Å². The predicted octanol–water partition coefficient (Wildman–Crippen LogP) is 3.64. The molecule has 1 N–H and O–H groups in total. The highest BCUT2D eigenvalue weighted by molar-refractivity contribution is 7.80. The van der Waals surface area contributed by atoms with E-state index in [2.05, 4.69) is 12.6 Å². The van der Waals surface area contributed by atoms with Crippen LogP contribution in [0.25, 0.3) is 0 Å². The second kappa shape index (κ2) is 34.5. The third-order valence-electron chi connectivity index (χ3n) is 5.28. The summed E-state index contributed by atoms with van der Waals surface area (Å²) in [7, 11) is 0. The van der Waals surface area contributed by atoms with Crippen molar-refractivity contribution in [3.63, 3.8) is 0 Å². The van der Waals surface area contributed by atoms with Crippen LogP contribution in [0.15, 0.2) is 0 Å². The van der Waals surface area contributed by atoms with Crippen molar-refractivity contribution in [1.29, 1.82) is 0 Å². The van der Waals surface area contributed by atoms with E-state index in [0.29, 0.717) is 85.9 Å². The summed E-state index contributed by atoms with van der Waals surface area (Å²) < 4.78 is 42.9. The predicted molar refractivity (Wildman–Crippen MR) is 150 cm³/mol. The van der Waals surface area contributed by atoms with Gasteiger partial charge in [0.05, 0.1) is 92.5 Å². The van der Waals surface area contributed by atoms with Crippen LogP contribution in [0.2, 0.25) is 0 Å². The Kier molecular flexibility index (Phi) is 34.1. The van der Waals surface area contributed by atoms with Gasteiger partial charge in [-0.3, -0.25) is 0 Å². The Balaban J connectivity index is 3.02. The summed E-state index contributed by atoms with van der Waals surface area (Å²) in [5.41, 5.74) is 0. The van der Waals surface area contributed by atoms with E-state index in [0.717, 1.165) is 18.8 Å². The van der Waals surface area contributed by atoms with Crippen molar-refractivity contribution in [2.75, 3.05) is 111 Å². The average Bonchev–Trinajstić information content (AvgIpc) is 2.91. The van der Waals surface area contributed by atoms with Gasteiger partial charge >= 0.3 is 5.97 Å². The molecule has 0 aromatic rings. The third-order valence-corrected chi connectivity index (χ3v) is 5.59. The Morgan fingerprint density at radius 1 is 0.395 bits per heavy atom. The molecule has 38 heavy (non-hydrogen) atoms. The zero-order valence-corrected chi connectivity index (χ0v) is 24.3. The minimum absolute atomic E-state index is 0.252. The fourth-order valence-corrected chi connectivity index (χ4v) is 3.48. The van der Waals surface area contributed by atoms with Gasteiger partial charge in [-0.2, -0.15) is 12.6 Å². The number of aliphatic carboxylic acids is 1. The summed E-state index contributed by atoms with van der Waals surface area (Å²) >= 11 is 4.24. The highest BCUT2D eigenvalue weighted by atomic mass is 32.1. The van der Waals surface area contributed by atoms with Crippen molar-refractivity contribution >= 4 is 18.6 Å². The molecular weight excluding hydrogens is 516 g/mol. The van der Waals surface area contributed by atoms with E-state index in [1.165, 1.54) is 51.4 Å². The fraction of sp³-hybridized carbons (Fsp3) is 0.963. The van der Waals surface area contributed by atoms with Crippen LogP contribution < -0.4 is 0 Å². The third kappa shape index (κ3) is 35.5. The number of unbranched alkanes of at least 4 members (excludes halogenated alkanes) is 8. The normalized spacial score (nSPS) is 11.4. The molecule has 11 heteroatoms. The zero-order chi connectivity index (χ0) is 27.6. The summed E-state index contributed by atoms with van der Waals surface area (Å²) in [6, 6.07) is 0. The highest BCUT2D eigenvalue weighted by Crippen LogP contribution is 2.10. The lowest BCUT2D eigenvalue weighted by atomic mass is 10.1. The first-order valence-corrected chi connectivity index (χ1v) is 14.8. The SMILES string of the molecule is O=C(O)COCCOCCOCCOCCOCCOCCOCCOCCCCCCCCCCCS. The summed E-state index contributed by atoms with van der Waals surface area (Å²) in [6.07, 6.45) is 11.7. The summed E-state index contributed by atoms with van der Waals surface area (Å²) in [6.45, 7) is 7.35. The van der Waals surface area contributed by atoms with Crippen molar-refractivity contribution in [2.24, 2.45) is 0 Å². The molecule has 0 aliphatic carbocycles. The van der Waals surface area contributed by atoms with Crippen LogP contribution in [0.1, 0.15) is 57.8 Å². The molecule has 228 valence electrons. The smallest absolute Gasteiger partial charge is 0.329 e. The van der Waals surface area contributed by atoms with E-state index in [-0.39, 0.29) is 13.2 Å². The fourth-order valence-electron chi connectivity index (χ4n) is 3.25. The van der Waals surface area contributed by atoms with Crippen LogP contribution in [0.5, 0.6) is 0 Å². The van der Waals surface area contributed by atoms with E-state index in [1.807, 2.05) is 0 Å². The Morgan fingerprint density at radius 3 is 0.974 bits per heavy atom. The molecule has 0 saturated heterocycles. The number of rotatable bonds is 34. The number of hydrogen-bond acceptors (Lipinski definition) is 10. The number of carboxylic acid groups (broad SMARTS) is 1. The van der Waals surface area contributed by atoms with Crippen LogP contribution in [0.3, 0.4) is 0 Å². The topological polar surface area (TPSA) is 111 Å². The van der Waals surface area contributed by atoms with E-state index in [1.54, 1.807) is 0 Å². The van der Waals surface area contributed by atoms with Gasteiger partial charge in [-0.15, -0.1) is 0 Å². The second-order valence-electron chi connectivity index (χ2n) is 8.64. The first-order valence-electron chi connectivity index (χ1n) is 14.2. The Hall–Kier alpha value is -0.500. The molecule has 0 spiro atoms. The molecule has 0 amide bonds. The molecule has 0 rings (SSSR count). The lowest BCUT2D eigenvalue weighted by molar-refractivity contribution is -0.142. The number of ether oxygens (including phenoxy) is 8. The maximum atomic E-state index is 10.3. The molecule has 0 bridgehead atoms. The Bertz CT molecular complexity index is 460. The molecular formula is C27H54O10S. The van der Waals surface area contributed by atoms with Gasteiger partial charge in [0.25, 0.3) is 0 Å². The van der Waals surface area contributed by atoms with Crippen molar-refractivity contribution in [3.05, 3.63) is 0 Å². The van der Waals surface area contributed by atoms with Gasteiger partial charge in [0.1, 0.15) is 6.61 Å². The molecule has 0 aromatic carbocycles. The summed E-state index contributed by atoms with van der Waals surface area (Å²) in [5.74, 6) is 0.0300. The van der Waals surface area contributed by atoms with Gasteiger partial charge in [0.15, 0.2) is 0 Å². The molecule has 10 nitrogen and oxygen atoms in total. The van der Waals surface area contributed by atoms with Crippen LogP contribution in [-0.4, -0.2) is 123 Å². The van der Waals surface area contributed by atoms with E-state index in [4.69, 9.17) is 43.0 Å². The minimum atomic E-state index is -0.988.